The maximum Gasteiger partial charge on any atom is 0.161 e. The van der Waals surface area contributed by atoms with Crippen molar-refractivity contribution in [2.75, 3.05) is 12.3 Å². The highest BCUT2D eigenvalue weighted by Crippen LogP contribution is 2.28. The van der Waals surface area contributed by atoms with Crippen LogP contribution in [-0.4, -0.2) is 6.61 Å². The van der Waals surface area contributed by atoms with Crippen molar-refractivity contribution in [1.29, 1.82) is 0 Å². The SMILES string of the molecule is CCOc1ccccc1OCc1ccc(Br)c(N)c1. The molecule has 0 radical (unpaired) electrons. The molecule has 0 aliphatic heterocycles. The zero-order valence-electron chi connectivity index (χ0n) is 10.7. The molecule has 0 saturated carbocycles. The summed E-state index contributed by atoms with van der Waals surface area (Å²) < 4.78 is 12.2. The summed E-state index contributed by atoms with van der Waals surface area (Å²) in [5.41, 5.74) is 7.57. The molecule has 0 heterocycles. The van der Waals surface area contributed by atoms with Crippen molar-refractivity contribution < 1.29 is 9.47 Å². The molecular weight excluding hydrogens is 306 g/mol. The number of nitrogens with two attached hydrogens (primary N) is 1. The zero-order chi connectivity index (χ0) is 13.7. The molecule has 0 atom stereocenters. The van der Waals surface area contributed by atoms with Gasteiger partial charge in [-0.2, -0.15) is 0 Å². The molecule has 0 bridgehead atoms. The van der Waals surface area contributed by atoms with Crippen molar-refractivity contribution in [1.82, 2.24) is 0 Å². The van der Waals surface area contributed by atoms with Crippen LogP contribution in [0.1, 0.15) is 12.5 Å². The number of ether oxygens (including phenoxy) is 2. The van der Waals surface area contributed by atoms with E-state index in [1.807, 2.05) is 49.4 Å². The predicted molar refractivity (Wildman–Crippen MR) is 80.5 cm³/mol. The van der Waals surface area contributed by atoms with Gasteiger partial charge in [-0.3, -0.25) is 0 Å². The second-order valence-corrected chi connectivity index (χ2v) is 4.88. The van der Waals surface area contributed by atoms with Crippen molar-refractivity contribution in [3.8, 4) is 11.5 Å². The fourth-order valence-corrected chi connectivity index (χ4v) is 1.93. The van der Waals surface area contributed by atoms with E-state index in [0.29, 0.717) is 18.9 Å². The van der Waals surface area contributed by atoms with Gasteiger partial charge in [0.25, 0.3) is 0 Å². The van der Waals surface area contributed by atoms with Crippen LogP contribution in [0.5, 0.6) is 11.5 Å². The molecule has 2 rings (SSSR count). The predicted octanol–water partition coefficient (Wildman–Crippen LogP) is 4.01. The highest BCUT2D eigenvalue weighted by atomic mass is 79.9. The van der Waals surface area contributed by atoms with Gasteiger partial charge in [-0.05, 0) is 52.7 Å². The molecule has 0 amide bonds. The van der Waals surface area contributed by atoms with E-state index in [9.17, 15) is 0 Å². The van der Waals surface area contributed by atoms with Crippen LogP contribution in [-0.2, 0) is 6.61 Å². The Morgan fingerprint density at radius 1 is 1.05 bits per heavy atom. The summed E-state index contributed by atoms with van der Waals surface area (Å²) in [7, 11) is 0. The first kappa shape index (κ1) is 13.7. The second kappa shape index (κ2) is 6.48. The fourth-order valence-electron chi connectivity index (χ4n) is 1.69. The van der Waals surface area contributed by atoms with Crippen LogP contribution in [0.25, 0.3) is 0 Å². The minimum Gasteiger partial charge on any atom is -0.490 e. The highest BCUT2D eigenvalue weighted by molar-refractivity contribution is 9.10. The Bertz CT molecular complexity index is 558. The Balaban J connectivity index is 2.07. The lowest BCUT2D eigenvalue weighted by Gasteiger charge is -2.12. The van der Waals surface area contributed by atoms with E-state index in [0.717, 1.165) is 21.5 Å². The van der Waals surface area contributed by atoms with E-state index < -0.39 is 0 Å². The quantitative estimate of drug-likeness (QED) is 0.846. The van der Waals surface area contributed by atoms with Crippen molar-refractivity contribution >= 4 is 21.6 Å². The first-order valence-electron chi connectivity index (χ1n) is 6.09. The molecule has 100 valence electrons. The van der Waals surface area contributed by atoms with Crippen molar-refractivity contribution in [3.63, 3.8) is 0 Å². The van der Waals surface area contributed by atoms with E-state index in [2.05, 4.69) is 15.9 Å². The number of halogens is 1. The van der Waals surface area contributed by atoms with Gasteiger partial charge < -0.3 is 15.2 Å². The Labute approximate surface area is 121 Å². The van der Waals surface area contributed by atoms with Crippen LogP contribution >= 0.6 is 15.9 Å². The van der Waals surface area contributed by atoms with E-state index in [4.69, 9.17) is 15.2 Å². The van der Waals surface area contributed by atoms with E-state index >= 15 is 0 Å². The molecule has 0 saturated heterocycles. The van der Waals surface area contributed by atoms with E-state index in [1.165, 1.54) is 0 Å². The largest absolute Gasteiger partial charge is 0.490 e. The van der Waals surface area contributed by atoms with E-state index in [1.54, 1.807) is 0 Å². The molecule has 0 fully saturated rings. The van der Waals surface area contributed by atoms with Gasteiger partial charge in [0, 0.05) is 10.2 Å². The Kier molecular flexibility index (Phi) is 4.68. The summed E-state index contributed by atoms with van der Waals surface area (Å²) in [6, 6.07) is 13.4. The first-order chi connectivity index (χ1) is 9.20. The van der Waals surface area contributed by atoms with Gasteiger partial charge in [0.1, 0.15) is 6.61 Å². The zero-order valence-corrected chi connectivity index (χ0v) is 12.3. The third-order valence-corrected chi connectivity index (χ3v) is 3.33. The van der Waals surface area contributed by atoms with Crippen molar-refractivity contribution in [2.45, 2.75) is 13.5 Å². The lowest BCUT2D eigenvalue weighted by Crippen LogP contribution is -2.00. The van der Waals surface area contributed by atoms with Gasteiger partial charge in [-0.15, -0.1) is 0 Å². The van der Waals surface area contributed by atoms with Crippen LogP contribution in [0.4, 0.5) is 5.69 Å². The standard InChI is InChI=1S/C15H16BrNO2/c1-2-18-14-5-3-4-6-15(14)19-10-11-7-8-12(16)13(17)9-11/h3-9H,2,10,17H2,1H3. The third kappa shape index (κ3) is 3.64. The highest BCUT2D eigenvalue weighted by Gasteiger charge is 2.04. The summed E-state index contributed by atoms with van der Waals surface area (Å²) in [5.74, 6) is 1.50. The molecule has 0 aliphatic rings. The van der Waals surface area contributed by atoms with Gasteiger partial charge in [0.15, 0.2) is 11.5 Å². The number of anilines is 1. The molecule has 0 aromatic heterocycles. The lowest BCUT2D eigenvalue weighted by atomic mass is 10.2. The molecule has 2 aromatic rings. The second-order valence-electron chi connectivity index (χ2n) is 4.02. The van der Waals surface area contributed by atoms with Crippen molar-refractivity contribution in [3.05, 3.63) is 52.5 Å². The molecule has 0 spiro atoms. The minimum absolute atomic E-state index is 0.460. The first-order valence-corrected chi connectivity index (χ1v) is 6.88. The number of benzene rings is 2. The topological polar surface area (TPSA) is 44.5 Å². The minimum atomic E-state index is 0.460. The van der Waals surface area contributed by atoms with Gasteiger partial charge in [-0.25, -0.2) is 0 Å². The Hall–Kier alpha value is -1.68. The summed E-state index contributed by atoms with van der Waals surface area (Å²) in [6.45, 7) is 3.03. The van der Waals surface area contributed by atoms with Crippen LogP contribution in [0.2, 0.25) is 0 Å². The molecule has 2 N–H and O–H groups in total. The summed E-state index contributed by atoms with van der Waals surface area (Å²) in [6.07, 6.45) is 0. The Morgan fingerprint density at radius 2 is 1.74 bits per heavy atom. The average molecular weight is 322 g/mol. The molecule has 2 aromatic carbocycles. The van der Waals surface area contributed by atoms with Gasteiger partial charge in [0.05, 0.1) is 6.61 Å². The number of hydrogen-bond donors (Lipinski definition) is 1. The third-order valence-electron chi connectivity index (χ3n) is 2.60. The molecular formula is C15H16BrNO2. The molecule has 4 heteroatoms. The van der Waals surface area contributed by atoms with Gasteiger partial charge >= 0.3 is 0 Å². The van der Waals surface area contributed by atoms with Crippen molar-refractivity contribution in [2.24, 2.45) is 0 Å². The van der Waals surface area contributed by atoms with Gasteiger partial charge in [-0.1, -0.05) is 18.2 Å². The number of hydrogen-bond acceptors (Lipinski definition) is 3. The molecule has 0 aliphatic carbocycles. The van der Waals surface area contributed by atoms with E-state index in [-0.39, 0.29) is 0 Å². The maximum absolute atomic E-state index is 5.84. The Morgan fingerprint density at radius 3 is 2.37 bits per heavy atom. The normalized spacial score (nSPS) is 10.2. The summed E-state index contributed by atoms with van der Waals surface area (Å²) in [5, 5.41) is 0. The lowest BCUT2D eigenvalue weighted by molar-refractivity contribution is 0.269. The monoisotopic (exact) mass is 321 g/mol. The summed E-state index contributed by atoms with van der Waals surface area (Å²) in [4.78, 5) is 0. The number of rotatable bonds is 5. The fraction of sp³-hybridized carbons (Fsp3) is 0.200. The maximum atomic E-state index is 5.84. The molecule has 19 heavy (non-hydrogen) atoms. The number of para-hydroxylation sites is 2. The average Bonchev–Trinajstić information content (AvgIpc) is 2.42. The number of nitrogen functional groups attached to an aromatic ring is 1. The van der Waals surface area contributed by atoms with Crippen LogP contribution in [0, 0.1) is 0 Å². The van der Waals surface area contributed by atoms with Crippen LogP contribution in [0.15, 0.2) is 46.9 Å². The van der Waals surface area contributed by atoms with Crippen LogP contribution < -0.4 is 15.2 Å². The molecule has 3 nitrogen and oxygen atoms in total. The molecule has 0 unspecified atom stereocenters. The summed E-state index contributed by atoms with van der Waals surface area (Å²) >= 11 is 3.37. The van der Waals surface area contributed by atoms with Gasteiger partial charge in [0.2, 0.25) is 0 Å². The smallest absolute Gasteiger partial charge is 0.161 e. The van der Waals surface area contributed by atoms with Crippen LogP contribution in [0.3, 0.4) is 0 Å².